The Balaban J connectivity index is 1.23. The molecule has 2 heterocycles. The Morgan fingerprint density at radius 2 is 2.09 bits per heavy atom. The predicted molar refractivity (Wildman–Crippen MR) is 124 cm³/mol. The van der Waals surface area contributed by atoms with Gasteiger partial charge in [0.25, 0.3) is 5.91 Å². The van der Waals surface area contributed by atoms with Crippen LogP contribution in [0.15, 0.2) is 54.9 Å². The highest BCUT2D eigenvalue weighted by Crippen LogP contribution is 2.29. The Morgan fingerprint density at radius 3 is 2.88 bits per heavy atom. The first kappa shape index (κ1) is 23.1. The Bertz CT molecular complexity index is 1160. The van der Waals surface area contributed by atoms with Gasteiger partial charge < -0.3 is 25.0 Å². The minimum Gasteiger partial charge on any atom is -0.492 e. The maximum atomic E-state index is 13.3. The minimum absolute atomic E-state index is 0.0251. The predicted octanol–water partition coefficient (Wildman–Crippen LogP) is 2.68. The van der Waals surface area contributed by atoms with E-state index in [2.05, 4.69) is 15.7 Å². The number of aromatic nitrogens is 2. The molecule has 178 valence electrons. The summed E-state index contributed by atoms with van der Waals surface area (Å²) in [6.07, 6.45) is 2.25. The summed E-state index contributed by atoms with van der Waals surface area (Å²) in [5.74, 6) is 0.259. The van der Waals surface area contributed by atoms with Gasteiger partial charge in [0, 0.05) is 19.3 Å². The Kier molecular flexibility index (Phi) is 6.95. The molecular weight excluding hydrogens is 441 g/mol. The van der Waals surface area contributed by atoms with Crippen LogP contribution in [0.2, 0.25) is 0 Å². The third-order valence-electron chi connectivity index (χ3n) is 5.32. The zero-order valence-electron chi connectivity index (χ0n) is 19.0. The number of halogens is 1. The second-order valence-electron chi connectivity index (χ2n) is 8.02. The van der Waals surface area contributed by atoms with E-state index in [9.17, 15) is 14.0 Å². The molecule has 2 amide bonds. The lowest BCUT2D eigenvalue weighted by molar-refractivity contribution is -0.131. The number of nitrogens with one attached hydrogen (secondary N) is 2. The SMILES string of the molecule is Cc1ccc(OCCN(C)C(=O)Cn2cc(NC(=O)C3CNc4cc(F)ccc4O3)cn2)cc1. The maximum absolute atomic E-state index is 13.3. The van der Waals surface area contributed by atoms with Gasteiger partial charge >= 0.3 is 0 Å². The van der Waals surface area contributed by atoms with E-state index in [4.69, 9.17) is 9.47 Å². The standard InChI is InChI=1S/C24H26FN5O4/c1-16-3-6-19(7-4-16)33-10-9-29(2)23(31)15-30-14-18(12-27-30)28-24(32)22-13-26-20-11-17(25)5-8-21(20)34-22/h3-8,11-12,14,22,26H,9-10,13,15H2,1-2H3,(H,28,32). The number of carbonyl (C=O) groups is 2. The highest BCUT2D eigenvalue weighted by atomic mass is 19.1. The summed E-state index contributed by atoms with van der Waals surface area (Å²) >= 11 is 0. The van der Waals surface area contributed by atoms with Crippen LogP contribution in [-0.4, -0.2) is 59.3 Å². The molecule has 1 atom stereocenters. The number of hydrogen-bond acceptors (Lipinski definition) is 6. The van der Waals surface area contributed by atoms with Crippen molar-refractivity contribution in [1.29, 1.82) is 0 Å². The molecular formula is C24H26FN5O4. The number of fused-ring (bicyclic) bond motifs is 1. The first-order chi connectivity index (χ1) is 16.4. The number of rotatable bonds is 8. The van der Waals surface area contributed by atoms with E-state index in [1.54, 1.807) is 18.1 Å². The Labute approximate surface area is 196 Å². The average Bonchev–Trinajstić information content (AvgIpc) is 3.26. The van der Waals surface area contributed by atoms with Gasteiger partial charge in [0.2, 0.25) is 5.91 Å². The fraction of sp³-hybridized carbons (Fsp3) is 0.292. The highest BCUT2D eigenvalue weighted by molar-refractivity contribution is 5.95. The first-order valence-corrected chi connectivity index (χ1v) is 10.8. The van der Waals surface area contributed by atoms with Gasteiger partial charge in [0.15, 0.2) is 6.10 Å². The lowest BCUT2D eigenvalue weighted by Crippen LogP contribution is -2.41. The molecule has 1 aromatic heterocycles. The van der Waals surface area contributed by atoms with E-state index < -0.39 is 6.10 Å². The van der Waals surface area contributed by atoms with E-state index in [0.717, 1.165) is 11.3 Å². The third kappa shape index (κ3) is 5.83. The van der Waals surface area contributed by atoms with Crippen LogP contribution in [0, 0.1) is 12.7 Å². The molecule has 1 aliphatic heterocycles. The molecule has 0 bridgehead atoms. The van der Waals surface area contributed by atoms with Crippen molar-refractivity contribution < 1.29 is 23.5 Å². The molecule has 0 saturated carbocycles. The molecule has 2 aromatic carbocycles. The molecule has 3 aromatic rings. The summed E-state index contributed by atoms with van der Waals surface area (Å²) < 4.78 is 26.1. The largest absolute Gasteiger partial charge is 0.492 e. The number of nitrogens with zero attached hydrogens (tertiary/aromatic N) is 3. The Morgan fingerprint density at radius 1 is 1.29 bits per heavy atom. The topological polar surface area (TPSA) is 97.7 Å². The summed E-state index contributed by atoms with van der Waals surface area (Å²) in [4.78, 5) is 26.6. The van der Waals surface area contributed by atoms with Gasteiger partial charge in [-0.3, -0.25) is 14.3 Å². The number of hydrogen-bond donors (Lipinski definition) is 2. The zero-order valence-corrected chi connectivity index (χ0v) is 19.0. The number of likely N-dealkylation sites (N-methyl/N-ethyl adjacent to an activating group) is 1. The van der Waals surface area contributed by atoms with E-state index >= 15 is 0 Å². The van der Waals surface area contributed by atoms with Gasteiger partial charge in [0.1, 0.15) is 30.5 Å². The normalized spacial score (nSPS) is 14.4. The molecule has 0 saturated heterocycles. The van der Waals surface area contributed by atoms with Crippen LogP contribution in [-0.2, 0) is 16.1 Å². The second kappa shape index (κ2) is 10.2. The van der Waals surface area contributed by atoms with E-state index in [-0.39, 0.29) is 30.7 Å². The minimum atomic E-state index is -0.789. The van der Waals surface area contributed by atoms with Crippen molar-refractivity contribution in [2.24, 2.45) is 0 Å². The van der Waals surface area contributed by atoms with Gasteiger partial charge in [0.05, 0.1) is 30.7 Å². The number of carbonyl (C=O) groups excluding carboxylic acids is 2. The van der Waals surface area contributed by atoms with Crippen LogP contribution in [0.25, 0.3) is 0 Å². The molecule has 9 nitrogen and oxygen atoms in total. The van der Waals surface area contributed by atoms with Crippen molar-refractivity contribution in [3.8, 4) is 11.5 Å². The number of ether oxygens (including phenoxy) is 2. The van der Waals surface area contributed by atoms with Gasteiger partial charge in [-0.1, -0.05) is 17.7 Å². The molecule has 10 heteroatoms. The number of anilines is 2. The van der Waals surface area contributed by atoms with Crippen LogP contribution in [0.3, 0.4) is 0 Å². The molecule has 0 aliphatic carbocycles. The van der Waals surface area contributed by atoms with E-state index in [1.165, 1.54) is 29.1 Å². The molecule has 0 spiro atoms. The summed E-state index contributed by atoms with van der Waals surface area (Å²) in [6.45, 7) is 3.03. The monoisotopic (exact) mass is 467 g/mol. The summed E-state index contributed by atoms with van der Waals surface area (Å²) in [6, 6.07) is 11.8. The highest BCUT2D eigenvalue weighted by Gasteiger charge is 2.26. The lowest BCUT2D eigenvalue weighted by atomic mass is 10.2. The Hall–Kier alpha value is -4.08. The maximum Gasteiger partial charge on any atom is 0.267 e. The van der Waals surface area contributed by atoms with E-state index in [1.807, 2.05) is 31.2 Å². The third-order valence-corrected chi connectivity index (χ3v) is 5.32. The van der Waals surface area contributed by atoms with Gasteiger partial charge in [-0.2, -0.15) is 5.10 Å². The lowest BCUT2D eigenvalue weighted by Gasteiger charge is -2.26. The number of aryl methyl sites for hydroxylation is 1. The van der Waals surface area contributed by atoms with Gasteiger partial charge in [-0.25, -0.2) is 4.39 Å². The summed E-state index contributed by atoms with van der Waals surface area (Å²) in [5, 5.41) is 9.86. The van der Waals surface area contributed by atoms with Crippen molar-refractivity contribution in [1.82, 2.24) is 14.7 Å². The van der Waals surface area contributed by atoms with Crippen LogP contribution < -0.4 is 20.1 Å². The van der Waals surface area contributed by atoms with Crippen molar-refractivity contribution >= 4 is 23.2 Å². The summed E-state index contributed by atoms with van der Waals surface area (Å²) in [7, 11) is 1.70. The fourth-order valence-corrected chi connectivity index (χ4v) is 3.34. The number of benzene rings is 2. The molecule has 0 fully saturated rings. The molecule has 2 N–H and O–H groups in total. The van der Waals surface area contributed by atoms with Crippen molar-refractivity contribution in [3.63, 3.8) is 0 Å². The second-order valence-corrected chi connectivity index (χ2v) is 8.02. The number of amides is 2. The van der Waals surface area contributed by atoms with Gasteiger partial charge in [-0.05, 0) is 31.2 Å². The first-order valence-electron chi connectivity index (χ1n) is 10.8. The fourth-order valence-electron chi connectivity index (χ4n) is 3.34. The quantitative estimate of drug-likeness (QED) is 0.529. The van der Waals surface area contributed by atoms with Crippen LogP contribution in [0.5, 0.6) is 11.5 Å². The molecule has 1 aliphatic rings. The summed E-state index contributed by atoms with van der Waals surface area (Å²) in [5.41, 5.74) is 2.10. The molecule has 4 rings (SSSR count). The average molecular weight is 468 g/mol. The van der Waals surface area contributed by atoms with Crippen LogP contribution in [0.1, 0.15) is 5.56 Å². The van der Waals surface area contributed by atoms with Crippen molar-refractivity contribution in [2.45, 2.75) is 19.6 Å². The van der Waals surface area contributed by atoms with Crippen LogP contribution >= 0.6 is 0 Å². The van der Waals surface area contributed by atoms with E-state index in [0.29, 0.717) is 30.3 Å². The van der Waals surface area contributed by atoms with Crippen molar-refractivity contribution in [2.75, 3.05) is 37.4 Å². The van der Waals surface area contributed by atoms with Gasteiger partial charge in [-0.15, -0.1) is 0 Å². The zero-order chi connectivity index (χ0) is 24.1. The molecule has 0 radical (unpaired) electrons. The molecule has 34 heavy (non-hydrogen) atoms. The molecule has 1 unspecified atom stereocenters. The van der Waals surface area contributed by atoms with Crippen LogP contribution in [0.4, 0.5) is 15.8 Å². The van der Waals surface area contributed by atoms with Crippen molar-refractivity contribution in [3.05, 3.63) is 66.2 Å². The smallest absolute Gasteiger partial charge is 0.267 e.